The third-order valence-corrected chi connectivity index (χ3v) is 4.80. The molecule has 176 valence electrons. The number of nitrogens with zero attached hydrogens (tertiary/aromatic N) is 1. The van der Waals surface area contributed by atoms with E-state index < -0.39 is 53.9 Å². The number of carboxylic acids is 1. The van der Waals surface area contributed by atoms with E-state index in [9.17, 15) is 24.0 Å². The largest absolute Gasteiger partial charge is 0.480 e. The lowest BCUT2D eigenvalue weighted by Gasteiger charge is -2.35. The number of nitrogens with one attached hydrogen (secondary N) is 2. The molecule has 0 radical (unpaired) electrons. The summed E-state index contributed by atoms with van der Waals surface area (Å²) in [6, 6.07) is -2.15. The molecule has 1 saturated heterocycles. The number of aliphatic carboxylic acids is 1. The minimum Gasteiger partial charge on any atom is -0.480 e. The van der Waals surface area contributed by atoms with Gasteiger partial charge in [0.05, 0.1) is 6.42 Å². The molecule has 2 unspecified atom stereocenters. The number of likely N-dealkylation sites (tertiary alicyclic amines) is 1. The highest BCUT2D eigenvalue weighted by Gasteiger charge is 2.35. The van der Waals surface area contributed by atoms with Gasteiger partial charge in [0, 0.05) is 19.0 Å². The predicted octanol–water partition coefficient (Wildman–Crippen LogP) is 0.219. The van der Waals surface area contributed by atoms with Crippen molar-refractivity contribution in [3.63, 3.8) is 0 Å². The third-order valence-electron chi connectivity index (χ3n) is 4.80. The maximum atomic E-state index is 12.9. The standard InChI is InChI=1S/C20H34N4O7/c1-11(2)15(23-19(30)31-20(3,4)5)17(27)24-8-6-12(7-9-24)16(26)22-13(18(28)29)10-14(21)25/h11-13,15H,6-10H2,1-5H3,(H2,21,25)(H,22,26)(H,23,30)(H,28,29). The second-order valence-corrected chi connectivity index (χ2v) is 9.04. The number of rotatable bonds is 8. The lowest BCUT2D eigenvalue weighted by Crippen LogP contribution is -2.54. The maximum absolute atomic E-state index is 12.9. The summed E-state index contributed by atoms with van der Waals surface area (Å²) < 4.78 is 5.23. The number of primary amides is 1. The Bertz CT molecular complexity index is 694. The number of carbonyl (C=O) groups excluding carboxylic acids is 4. The molecule has 0 spiro atoms. The molecule has 1 heterocycles. The van der Waals surface area contributed by atoms with Crippen LogP contribution >= 0.6 is 0 Å². The fourth-order valence-electron chi connectivity index (χ4n) is 3.20. The number of hydrogen-bond acceptors (Lipinski definition) is 6. The number of carbonyl (C=O) groups is 5. The summed E-state index contributed by atoms with van der Waals surface area (Å²) in [6.07, 6.45) is -0.511. The van der Waals surface area contributed by atoms with Crippen LogP contribution in [0, 0.1) is 11.8 Å². The van der Waals surface area contributed by atoms with E-state index in [0.717, 1.165) is 0 Å². The molecule has 0 bridgehead atoms. The van der Waals surface area contributed by atoms with E-state index in [4.69, 9.17) is 15.6 Å². The van der Waals surface area contributed by atoms with E-state index in [-0.39, 0.29) is 24.9 Å². The lowest BCUT2D eigenvalue weighted by atomic mass is 9.94. The van der Waals surface area contributed by atoms with Crippen LogP contribution in [0.5, 0.6) is 0 Å². The van der Waals surface area contributed by atoms with Gasteiger partial charge < -0.3 is 31.1 Å². The second-order valence-electron chi connectivity index (χ2n) is 9.04. The molecule has 1 fully saturated rings. The Morgan fingerprint density at radius 3 is 2.06 bits per heavy atom. The SMILES string of the molecule is CC(C)C(NC(=O)OC(C)(C)C)C(=O)N1CCC(C(=O)NC(CC(N)=O)C(=O)O)CC1. The molecule has 31 heavy (non-hydrogen) atoms. The van der Waals surface area contributed by atoms with E-state index in [1.807, 2.05) is 13.8 Å². The molecular weight excluding hydrogens is 408 g/mol. The van der Waals surface area contributed by atoms with Crippen LogP contribution in [0.15, 0.2) is 0 Å². The average molecular weight is 443 g/mol. The van der Waals surface area contributed by atoms with Crippen molar-refractivity contribution in [1.29, 1.82) is 0 Å². The van der Waals surface area contributed by atoms with Gasteiger partial charge in [-0.05, 0) is 39.5 Å². The Morgan fingerprint density at radius 1 is 1.10 bits per heavy atom. The van der Waals surface area contributed by atoms with Gasteiger partial charge in [0.25, 0.3) is 0 Å². The monoisotopic (exact) mass is 442 g/mol. The summed E-state index contributed by atoms with van der Waals surface area (Å²) in [5.74, 6) is -3.59. The highest BCUT2D eigenvalue weighted by molar-refractivity contribution is 5.89. The molecule has 4 amide bonds. The molecule has 5 N–H and O–H groups in total. The number of piperidine rings is 1. The Balaban J connectivity index is 2.67. The van der Waals surface area contributed by atoms with Crippen molar-refractivity contribution in [2.75, 3.05) is 13.1 Å². The first-order valence-corrected chi connectivity index (χ1v) is 10.3. The zero-order valence-electron chi connectivity index (χ0n) is 18.8. The molecule has 0 aliphatic carbocycles. The lowest BCUT2D eigenvalue weighted by molar-refractivity contribution is -0.144. The van der Waals surface area contributed by atoms with Crippen molar-refractivity contribution in [1.82, 2.24) is 15.5 Å². The van der Waals surface area contributed by atoms with E-state index in [1.165, 1.54) is 0 Å². The van der Waals surface area contributed by atoms with Gasteiger partial charge >= 0.3 is 12.1 Å². The Labute approximate surface area is 182 Å². The summed E-state index contributed by atoms with van der Waals surface area (Å²) in [7, 11) is 0. The van der Waals surface area contributed by atoms with Crippen LogP contribution in [0.25, 0.3) is 0 Å². The van der Waals surface area contributed by atoms with Gasteiger partial charge in [0.2, 0.25) is 17.7 Å². The Kier molecular flexibility index (Phi) is 9.26. The van der Waals surface area contributed by atoms with Crippen molar-refractivity contribution >= 4 is 29.8 Å². The molecule has 0 saturated carbocycles. The molecule has 0 aromatic carbocycles. The van der Waals surface area contributed by atoms with Crippen LogP contribution in [0.2, 0.25) is 0 Å². The first-order valence-electron chi connectivity index (χ1n) is 10.3. The summed E-state index contributed by atoms with van der Waals surface area (Å²) in [6.45, 7) is 9.37. The smallest absolute Gasteiger partial charge is 0.408 e. The molecular formula is C20H34N4O7. The topological polar surface area (TPSA) is 168 Å². The van der Waals surface area contributed by atoms with Crippen LogP contribution in [0.1, 0.15) is 53.9 Å². The van der Waals surface area contributed by atoms with Gasteiger partial charge in [-0.25, -0.2) is 9.59 Å². The van der Waals surface area contributed by atoms with Crippen LogP contribution in [0.4, 0.5) is 4.79 Å². The maximum Gasteiger partial charge on any atom is 0.408 e. The van der Waals surface area contributed by atoms with Crippen molar-refractivity contribution in [2.24, 2.45) is 17.6 Å². The first kappa shape index (κ1) is 26.2. The normalized spacial score (nSPS) is 16.9. The molecule has 11 nitrogen and oxygen atoms in total. The molecule has 11 heteroatoms. The third kappa shape index (κ3) is 8.81. The van der Waals surface area contributed by atoms with Crippen molar-refractivity contribution in [3.8, 4) is 0 Å². The zero-order valence-corrected chi connectivity index (χ0v) is 18.8. The molecule has 1 aliphatic heterocycles. The highest BCUT2D eigenvalue weighted by atomic mass is 16.6. The van der Waals surface area contributed by atoms with E-state index in [0.29, 0.717) is 12.8 Å². The molecule has 0 aromatic rings. The minimum atomic E-state index is -1.38. The fourth-order valence-corrected chi connectivity index (χ4v) is 3.20. The van der Waals surface area contributed by atoms with Crippen molar-refractivity contribution < 1.29 is 33.8 Å². The van der Waals surface area contributed by atoms with Crippen LogP contribution in [-0.2, 0) is 23.9 Å². The van der Waals surface area contributed by atoms with Crippen LogP contribution in [0.3, 0.4) is 0 Å². The number of nitrogens with two attached hydrogens (primary N) is 1. The quantitative estimate of drug-likeness (QED) is 0.417. The van der Waals surface area contributed by atoms with Crippen LogP contribution < -0.4 is 16.4 Å². The summed E-state index contributed by atoms with van der Waals surface area (Å²) in [5.41, 5.74) is 4.33. The molecule has 2 atom stereocenters. The number of ether oxygens (including phenoxy) is 1. The highest BCUT2D eigenvalue weighted by Crippen LogP contribution is 2.20. The van der Waals surface area contributed by atoms with Gasteiger partial charge in [0.1, 0.15) is 17.7 Å². The number of amides is 4. The summed E-state index contributed by atoms with van der Waals surface area (Å²) in [4.78, 5) is 61.2. The average Bonchev–Trinajstić information content (AvgIpc) is 2.63. The van der Waals surface area contributed by atoms with Gasteiger partial charge in [-0.1, -0.05) is 13.8 Å². The Hall–Kier alpha value is -2.85. The number of hydrogen-bond donors (Lipinski definition) is 4. The van der Waals surface area contributed by atoms with E-state index >= 15 is 0 Å². The molecule has 1 rings (SSSR count). The Morgan fingerprint density at radius 2 is 1.65 bits per heavy atom. The molecule has 1 aliphatic rings. The van der Waals surface area contributed by atoms with E-state index in [2.05, 4.69) is 10.6 Å². The molecule has 0 aromatic heterocycles. The first-order chi connectivity index (χ1) is 14.2. The summed E-state index contributed by atoms with van der Waals surface area (Å²) >= 11 is 0. The number of alkyl carbamates (subject to hydrolysis) is 1. The predicted molar refractivity (Wildman–Crippen MR) is 111 cm³/mol. The van der Waals surface area contributed by atoms with Crippen LogP contribution in [-0.4, -0.2) is 70.6 Å². The summed E-state index contributed by atoms with van der Waals surface area (Å²) in [5, 5.41) is 14.1. The minimum absolute atomic E-state index is 0.175. The number of carboxylic acid groups (broad SMARTS) is 1. The fraction of sp³-hybridized carbons (Fsp3) is 0.750. The van der Waals surface area contributed by atoms with Gasteiger partial charge in [-0.2, -0.15) is 0 Å². The van der Waals surface area contributed by atoms with E-state index in [1.54, 1.807) is 25.7 Å². The van der Waals surface area contributed by atoms with Crippen molar-refractivity contribution in [3.05, 3.63) is 0 Å². The van der Waals surface area contributed by atoms with Gasteiger partial charge in [-0.15, -0.1) is 0 Å². The van der Waals surface area contributed by atoms with Crippen molar-refractivity contribution in [2.45, 2.75) is 71.6 Å². The van der Waals surface area contributed by atoms with Gasteiger partial charge in [0.15, 0.2) is 0 Å². The van der Waals surface area contributed by atoms with Gasteiger partial charge in [-0.3, -0.25) is 14.4 Å². The zero-order chi connectivity index (χ0) is 23.9. The second kappa shape index (κ2) is 11.0.